The van der Waals surface area contributed by atoms with Crippen molar-refractivity contribution in [1.82, 2.24) is 4.72 Å². The van der Waals surface area contributed by atoms with Gasteiger partial charge in [-0.05, 0) is 59.4 Å². The molecule has 0 aromatic heterocycles. The van der Waals surface area contributed by atoms with Crippen LogP contribution in [0.2, 0.25) is 0 Å². The van der Waals surface area contributed by atoms with E-state index in [0.29, 0.717) is 11.3 Å². The first kappa shape index (κ1) is 22.6. The van der Waals surface area contributed by atoms with E-state index in [9.17, 15) is 13.5 Å². The van der Waals surface area contributed by atoms with Crippen LogP contribution < -0.4 is 4.72 Å². The van der Waals surface area contributed by atoms with Gasteiger partial charge in [-0.2, -0.15) is 0 Å². The van der Waals surface area contributed by atoms with Gasteiger partial charge in [-0.1, -0.05) is 64.1 Å². The Balaban J connectivity index is 2.22. The maximum absolute atomic E-state index is 13.1. The van der Waals surface area contributed by atoms with Gasteiger partial charge in [-0.15, -0.1) is 0 Å². The van der Waals surface area contributed by atoms with E-state index in [-0.39, 0.29) is 30.9 Å². The molecule has 4 nitrogen and oxygen atoms in total. The third-order valence-electron chi connectivity index (χ3n) is 5.21. The molecule has 0 aliphatic carbocycles. The van der Waals surface area contributed by atoms with Gasteiger partial charge in [0.15, 0.2) is 0 Å². The van der Waals surface area contributed by atoms with E-state index in [1.807, 2.05) is 57.2 Å². The van der Waals surface area contributed by atoms with Gasteiger partial charge in [0.1, 0.15) is 0 Å². The number of aliphatic hydroxyl groups excluding tert-OH is 1. The van der Waals surface area contributed by atoms with Crippen molar-refractivity contribution in [3.63, 3.8) is 0 Å². The summed E-state index contributed by atoms with van der Waals surface area (Å²) in [5, 5.41) is 9.77. The lowest BCUT2D eigenvalue weighted by atomic mass is 9.97. The van der Waals surface area contributed by atoms with E-state index >= 15 is 0 Å². The number of aryl methyl sites for hydroxylation is 1. The molecule has 0 spiro atoms. The summed E-state index contributed by atoms with van der Waals surface area (Å²) in [5.41, 5.74) is 4.10. The molecule has 0 heterocycles. The lowest BCUT2D eigenvalue weighted by molar-refractivity contribution is 0.226. The summed E-state index contributed by atoms with van der Waals surface area (Å²) in [7, 11) is -3.66. The molecule has 0 bridgehead atoms. The predicted octanol–water partition coefficient (Wildman–Crippen LogP) is 4.37. The number of benzene rings is 2. The van der Waals surface area contributed by atoms with Gasteiger partial charge in [0.05, 0.1) is 4.90 Å². The van der Waals surface area contributed by atoms with Crippen molar-refractivity contribution in [2.45, 2.75) is 57.8 Å². The van der Waals surface area contributed by atoms with Crippen LogP contribution in [0.25, 0.3) is 0 Å². The molecule has 1 atom stereocenters. The van der Waals surface area contributed by atoms with Crippen LogP contribution in [0, 0.1) is 12.8 Å². The third kappa shape index (κ3) is 5.66. The zero-order chi connectivity index (χ0) is 20.9. The molecule has 1 unspecified atom stereocenters. The highest BCUT2D eigenvalue weighted by Crippen LogP contribution is 2.28. The van der Waals surface area contributed by atoms with Gasteiger partial charge in [0, 0.05) is 13.2 Å². The fourth-order valence-corrected chi connectivity index (χ4v) is 4.79. The van der Waals surface area contributed by atoms with Crippen LogP contribution >= 0.6 is 0 Å². The second kappa shape index (κ2) is 9.68. The summed E-state index contributed by atoms with van der Waals surface area (Å²) >= 11 is 0. The van der Waals surface area contributed by atoms with Crippen molar-refractivity contribution in [3.05, 3.63) is 64.7 Å². The Labute approximate surface area is 170 Å². The molecule has 154 valence electrons. The van der Waals surface area contributed by atoms with Gasteiger partial charge in [-0.3, -0.25) is 0 Å². The van der Waals surface area contributed by atoms with Gasteiger partial charge in [0.25, 0.3) is 0 Å². The minimum atomic E-state index is -3.66. The third-order valence-corrected chi connectivity index (χ3v) is 6.69. The Kier molecular flexibility index (Phi) is 7.81. The van der Waals surface area contributed by atoms with Gasteiger partial charge < -0.3 is 5.11 Å². The topological polar surface area (TPSA) is 66.4 Å². The Hall–Kier alpha value is -1.69. The first-order valence-corrected chi connectivity index (χ1v) is 11.4. The van der Waals surface area contributed by atoms with E-state index in [1.165, 1.54) is 0 Å². The lowest BCUT2D eigenvalue weighted by Gasteiger charge is -2.19. The van der Waals surface area contributed by atoms with Crippen molar-refractivity contribution in [1.29, 1.82) is 0 Å². The van der Waals surface area contributed by atoms with Crippen molar-refractivity contribution in [3.8, 4) is 0 Å². The van der Waals surface area contributed by atoms with Crippen LogP contribution in [-0.2, 0) is 16.4 Å². The summed E-state index contributed by atoms with van der Waals surface area (Å²) in [6.45, 7) is 10.3. The number of sulfonamides is 1. The van der Waals surface area contributed by atoms with Crippen LogP contribution in [0.5, 0.6) is 0 Å². The fraction of sp³-hybridized carbons (Fsp3) is 0.478. The van der Waals surface area contributed by atoms with Gasteiger partial charge >= 0.3 is 0 Å². The Morgan fingerprint density at radius 2 is 1.68 bits per heavy atom. The summed E-state index contributed by atoms with van der Waals surface area (Å²) in [6.07, 6.45) is 0.634. The van der Waals surface area contributed by atoms with Crippen LogP contribution in [0.3, 0.4) is 0 Å². The van der Waals surface area contributed by atoms with Gasteiger partial charge in [0.2, 0.25) is 10.0 Å². The van der Waals surface area contributed by atoms with Crippen molar-refractivity contribution in [2.75, 3.05) is 13.2 Å². The second-order valence-corrected chi connectivity index (χ2v) is 9.87. The average molecular weight is 404 g/mol. The molecular weight excluding hydrogens is 370 g/mol. The molecule has 0 aliphatic rings. The van der Waals surface area contributed by atoms with Crippen molar-refractivity contribution in [2.24, 2.45) is 5.92 Å². The molecule has 0 fully saturated rings. The molecule has 2 N–H and O–H groups in total. The van der Waals surface area contributed by atoms with Crippen LogP contribution in [0.4, 0.5) is 0 Å². The molecule has 0 amide bonds. The van der Waals surface area contributed by atoms with Crippen molar-refractivity contribution < 1.29 is 13.5 Å². The summed E-state index contributed by atoms with van der Waals surface area (Å²) in [5.74, 6) is 0.182. The second-order valence-electron chi connectivity index (χ2n) is 8.14. The molecule has 0 aliphatic heterocycles. The number of nitrogens with one attached hydrogen (secondary N) is 1. The smallest absolute Gasteiger partial charge is 0.240 e. The molecule has 2 rings (SSSR count). The molecular formula is C23H33NO3S. The molecule has 2 aromatic rings. The lowest BCUT2D eigenvalue weighted by Crippen LogP contribution is -2.32. The molecule has 28 heavy (non-hydrogen) atoms. The zero-order valence-electron chi connectivity index (χ0n) is 17.6. The standard InChI is InChI=1S/C23H33NO3S/c1-16(2)20-10-11-22(17(3)4)23(13-20)28(26,27)24-14-19(15-25)12-21-9-7-6-8-18(21)5/h6-11,13,16-17,19,24-25H,12,14-15H2,1-5H3. The van der Waals surface area contributed by atoms with E-state index < -0.39 is 10.0 Å². The number of aliphatic hydroxyl groups is 1. The number of hydrogen-bond donors (Lipinski definition) is 2. The Bertz CT molecular complexity index is 888. The SMILES string of the molecule is Cc1ccccc1CC(CO)CNS(=O)(=O)c1cc(C(C)C)ccc1C(C)C. The summed E-state index contributed by atoms with van der Waals surface area (Å²) < 4.78 is 28.9. The monoisotopic (exact) mass is 403 g/mol. The first-order chi connectivity index (χ1) is 13.2. The van der Waals surface area contributed by atoms with Crippen molar-refractivity contribution >= 4 is 10.0 Å². The number of hydrogen-bond acceptors (Lipinski definition) is 3. The quantitative estimate of drug-likeness (QED) is 0.653. The Morgan fingerprint density at radius 3 is 2.25 bits per heavy atom. The van der Waals surface area contributed by atoms with E-state index in [2.05, 4.69) is 18.6 Å². The molecule has 5 heteroatoms. The molecule has 0 radical (unpaired) electrons. The number of rotatable bonds is 9. The highest BCUT2D eigenvalue weighted by atomic mass is 32.2. The van der Waals surface area contributed by atoms with Gasteiger partial charge in [-0.25, -0.2) is 13.1 Å². The van der Waals surface area contributed by atoms with Crippen LogP contribution in [0.15, 0.2) is 47.4 Å². The minimum absolute atomic E-state index is 0.0695. The largest absolute Gasteiger partial charge is 0.396 e. The van der Waals surface area contributed by atoms with E-state index in [4.69, 9.17) is 0 Å². The highest BCUT2D eigenvalue weighted by Gasteiger charge is 2.23. The molecule has 0 saturated heterocycles. The molecule has 0 saturated carbocycles. The fourth-order valence-electron chi connectivity index (χ4n) is 3.28. The molecule has 2 aromatic carbocycles. The summed E-state index contributed by atoms with van der Waals surface area (Å²) in [6, 6.07) is 13.7. The minimum Gasteiger partial charge on any atom is -0.396 e. The normalized spacial score (nSPS) is 13.3. The van der Waals surface area contributed by atoms with E-state index in [0.717, 1.165) is 22.3 Å². The van der Waals surface area contributed by atoms with E-state index in [1.54, 1.807) is 6.07 Å². The van der Waals surface area contributed by atoms with Crippen LogP contribution in [0.1, 0.15) is 61.8 Å². The Morgan fingerprint density at radius 1 is 1.00 bits per heavy atom. The predicted molar refractivity (Wildman–Crippen MR) is 115 cm³/mol. The maximum atomic E-state index is 13.1. The highest BCUT2D eigenvalue weighted by molar-refractivity contribution is 7.89. The first-order valence-electron chi connectivity index (χ1n) is 9.94. The maximum Gasteiger partial charge on any atom is 0.240 e. The summed E-state index contributed by atoms with van der Waals surface area (Å²) in [4.78, 5) is 0.348. The average Bonchev–Trinajstić information content (AvgIpc) is 2.65. The zero-order valence-corrected chi connectivity index (χ0v) is 18.4. The van der Waals surface area contributed by atoms with Crippen LogP contribution in [-0.4, -0.2) is 26.7 Å².